The van der Waals surface area contributed by atoms with Crippen molar-refractivity contribution >= 4 is 15.8 Å². The number of likely N-dealkylation sites (N-methyl/N-ethyl adjacent to an activating group) is 1. The molecule has 28 heavy (non-hydrogen) atoms. The lowest BCUT2D eigenvalue weighted by molar-refractivity contribution is 0.307. The van der Waals surface area contributed by atoms with E-state index in [4.69, 9.17) is 0 Å². The van der Waals surface area contributed by atoms with E-state index in [2.05, 4.69) is 15.1 Å². The Morgan fingerprint density at radius 2 is 1.89 bits per heavy atom. The normalized spacial score (nSPS) is 15.1. The van der Waals surface area contributed by atoms with Crippen LogP contribution in [0.4, 0.5) is 10.2 Å². The molecule has 0 amide bonds. The standard InChI is InChI=1S/C18H19FN6O2S/c1-23-11-15(8-22-23)28(26,27)24(2)14-9-25(10-14)18-16(19)17(20-12-21-18)13-6-4-3-5-7-13/h3-8,11-12,14H,9-10H2,1-2H3. The lowest BCUT2D eigenvalue weighted by Gasteiger charge is -2.43. The second-order valence-electron chi connectivity index (χ2n) is 6.66. The van der Waals surface area contributed by atoms with Gasteiger partial charge in [-0.25, -0.2) is 22.8 Å². The molecule has 3 aromatic rings. The predicted octanol–water partition coefficient (Wildman–Crippen LogP) is 1.53. The Bertz CT molecular complexity index is 1100. The van der Waals surface area contributed by atoms with Gasteiger partial charge in [-0.1, -0.05) is 30.3 Å². The predicted molar refractivity (Wildman–Crippen MR) is 102 cm³/mol. The zero-order valence-electron chi connectivity index (χ0n) is 15.4. The number of hydrogen-bond acceptors (Lipinski definition) is 6. The Morgan fingerprint density at radius 3 is 2.54 bits per heavy atom. The molecule has 1 fully saturated rings. The fourth-order valence-electron chi connectivity index (χ4n) is 3.13. The highest BCUT2D eigenvalue weighted by Crippen LogP contribution is 2.30. The summed E-state index contributed by atoms with van der Waals surface area (Å²) in [5.74, 6) is -0.331. The number of halogens is 1. The van der Waals surface area contributed by atoms with Crippen LogP contribution in [0.1, 0.15) is 0 Å². The van der Waals surface area contributed by atoms with Gasteiger partial charge in [-0.05, 0) is 0 Å². The van der Waals surface area contributed by atoms with Crippen molar-refractivity contribution in [1.82, 2.24) is 24.1 Å². The van der Waals surface area contributed by atoms with E-state index in [1.54, 1.807) is 24.1 Å². The largest absolute Gasteiger partial charge is 0.351 e. The molecular weight excluding hydrogens is 383 g/mol. The van der Waals surface area contributed by atoms with Gasteiger partial charge in [0.2, 0.25) is 10.0 Å². The summed E-state index contributed by atoms with van der Waals surface area (Å²) in [6.07, 6.45) is 4.10. The number of nitrogens with zero attached hydrogens (tertiary/aromatic N) is 6. The van der Waals surface area contributed by atoms with Gasteiger partial charge in [0.15, 0.2) is 11.6 Å². The highest BCUT2D eigenvalue weighted by atomic mass is 32.2. The first-order valence-corrected chi connectivity index (χ1v) is 10.1. The summed E-state index contributed by atoms with van der Waals surface area (Å²) in [6.45, 7) is 0.691. The van der Waals surface area contributed by atoms with Gasteiger partial charge in [0.05, 0.1) is 12.2 Å². The van der Waals surface area contributed by atoms with E-state index in [0.717, 1.165) is 0 Å². The molecule has 2 aromatic heterocycles. The molecule has 3 heterocycles. The van der Waals surface area contributed by atoms with E-state index in [1.165, 1.54) is 34.8 Å². The van der Waals surface area contributed by atoms with E-state index in [9.17, 15) is 12.8 Å². The van der Waals surface area contributed by atoms with Crippen LogP contribution < -0.4 is 4.90 Å². The summed E-state index contributed by atoms with van der Waals surface area (Å²) in [6, 6.07) is 8.76. The topological polar surface area (TPSA) is 84.2 Å². The Morgan fingerprint density at radius 1 is 1.18 bits per heavy atom. The van der Waals surface area contributed by atoms with Gasteiger partial charge in [-0.2, -0.15) is 9.40 Å². The van der Waals surface area contributed by atoms with Crippen molar-refractivity contribution in [3.8, 4) is 11.3 Å². The SMILES string of the molecule is CN(C1CN(c2ncnc(-c3ccccc3)c2F)C1)S(=O)(=O)c1cnn(C)c1. The van der Waals surface area contributed by atoms with Crippen molar-refractivity contribution in [1.29, 1.82) is 0 Å². The molecule has 0 aliphatic carbocycles. The van der Waals surface area contributed by atoms with E-state index >= 15 is 0 Å². The third-order valence-electron chi connectivity index (χ3n) is 4.85. The maximum Gasteiger partial charge on any atom is 0.246 e. The van der Waals surface area contributed by atoms with E-state index in [0.29, 0.717) is 18.7 Å². The average Bonchev–Trinajstić information content (AvgIpc) is 3.10. The Kier molecular flexibility index (Phi) is 4.60. The lowest BCUT2D eigenvalue weighted by atomic mass is 10.1. The van der Waals surface area contributed by atoms with Gasteiger partial charge in [-0.15, -0.1) is 0 Å². The maximum absolute atomic E-state index is 14.9. The summed E-state index contributed by atoms with van der Waals surface area (Å²) in [5.41, 5.74) is 0.891. The van der Waals surface area contributed by atoms with Crippen LogP contribution in [-0.2, 0) is 17.1 Å². The molecule has 0 N–H and O–H groups in total. The summed E-state index contributed by atoms with van der Waals surface area (Å²) in [4.78, 5) is 9.97. The van der Waals surface area contributed by atoms with E-state index in [-0.39, 0.29) is 22.4 Å². The fraction of sp³-hybridized carbons (Fsp3) is 0.278. The number of anilines is 1. The van der Waals surface area contributed by atoms with Gasteiger partial charge < -0.3 is 4.90 Å². The van der Waals surface area contributed by atoms with Crippen molar-refractivity contribution in [2.24, 2.45) is 7.05 Å². The lowest BCUT2D eigenvalue weighted by Crippen LogP contribution is -2.60. The second-order valence-corrected chi connectivity index (χ2v) is 8.65. The van der Waals surface area contributed by atoms with Gasteiger partial charge in [0.1, 0.15) is 16.9 Å². The summed E-state index contributed by atoms with van der Waals surface area (Å²) in [7, 11) is -0.465. The van der Waals surface area contributed by atoms with Crippen molar-refractivity contribution < 1.29 is 12.8 Å². The Hall–Kier alpha value is -2.85. The molecule has 1 aliphatic rings. The van der Waals surface area contributed by atoms with Crippen LogP contribution in [0.5, 0.6) is 0 Å². The number of rotatable bonds is 5. The molecule has 1 aliphatic heterocycles. The highest BCUT2D eigenvalue weighted by Gasteiger charge is 2.38. The Labute approximate surface area is 162 Å². The van der Waals surface area contributed by atoms with Crippen molar-refractivity contribution in [3.05, 3.63) is 54.9 Å². The maximum atomic E-state index is 14.9. The molecule has 8 nitrogen and oxygen atoms in total. The van der Waals surface area contributed by atoms with Gasteiger partial charge >= 0.3 is 0 Å². The monoisotopic (exact) mass is 402 g/mol. The molecule has 4 rings (SSSR count). The minimum Gasteiger partial charge on any atom is -0.351 e. The second kappa shape index (κ2) is 6.95. The molecule has 0 radical (unpaired) electrons. The van der Waals surface area contributed by atoms with Crippen LogP contribution in [-0.4, -0.2) is 58.7 Å². The van der Waals surface area contributed by atoms with Crippen LogP contribution in [0.15, 0.2) is 53.9 Å². The molecule has 146 valence electrons. The van der Waals surface area contributed by atoms with Crippen LogP contribution in [0.2, 0.25) is 0 Å². The number of hydrogen-bond donors (Lipinski definition) is 0. The van der Waals surface area contributed by atoms with Crippen LogP contribution >= 0.6 is 0 Å². The number of aryl methyl sites for hydroxylation is 1. The molecular formula is C18H19FN6O2S. The quantitative estimate of drug-likeness (QED) is 0.644. The van der Waals surface area contributed by atoms with Crippen LogP contribution in [0.3, 0.4) is 0 Å². The first-order chi connectivity index (χ1) is 13.4. The van der Waals surface area contributed by atoms with Crippen molar-refractivity contribution in [2.45, 2.75) is 10.9 Å². The van der Waals surface area contributed by atoms with E-state index < -0.39 is 15.8 Å². The highest BCUT2D eigenvalue weighted by molar-refractivity contribution is 7.89. The molecule has 0 bridgehead atoms. The summed E-state index contributed by atoms with van der Waals surface area (Å²) >= 11 is 0. The Balaban J connectivity index is 1.51. The number of aromatic nitrogens is 4. The van der Waals surface area contributed by atoms with E-state index in [1.807, 2.05) is 18.2 Å². The minimum absolute atomic E-state index is 0.135. The third kappa shape index (κ3) is 3.14. The fourth-order valence-corrected chi connectivity index (χ4v) is 4.46. The molecule has 0 atom stereocenters. The number of benzene rings is 1. The molecule has 0 unspecified atom stereocenters. The molecule has 0 spiro atoms. The van der Waals surface area contributed by atoms with Crippen molar-refractivity contribution in [2.75, 3.05) is 25.0 Å². The average molecular weight is 402 g/mol. The molecule has 1 aromatic carbocycles. The van der Waals surface area contributed by atoms with Crippen LogP contribution in [0, 0.1) is 5.82 Å². The molecule has 10 heteroatoms. The first kappa shape index (κ1) is 18.5. The van der Waals surface area contributed by atoms with Gasteiger partial charge in [0, 0.05) is 38.9 Å². The zero-order valence-corrected chi connectivity index (χ0v) is 16.2. The molecule has 0 saturated carbocycles. The minimum atomic E-state index is -3.65. The first-order valence-electron chi connectivity index (χ1n) is 8.65. The number of sulfonamides is 1. The van der Waals surface area contributed by atoms with Crippen LogP contribution in [0.25, 0.3) is 11.3 Å². The zero-order chi connectivity index (χ0) is 19.9. The van der Waals surface area contributed by atoms with Crippen molar-refractivity contribution in [3.63, 3.8) is 0 Å². The molecule has 1 saturated heterocycles. The smallest absolute Gasteiger partial charge is 0.246 e. The van der Waals surface area contributed by atoms with Gasteiger partial charge in [0.25, 0.3) is 0 Å². The third-order valence-corrected chi connectivity index (χ3v) is 6.72. The summed E-state index contributed by atoms with van der Waals surface area (Å²) in [5, 5.41) is 3.92. The summed E-state index contributed by atoms with van der Waals surface area (Å²) < 4.78 is 43.1. The van der Waals surface area contributed by atoms with Gasteiger partial charge in [-0.3, -0.25) is 4.68 Å².